The largest absolute Gasteiger partial charge is 0.357 e. The first kappa shape index (κ1) is 15.7. The molecule has 1 aliphatic rings. The molecule has 0 bridgehead atoms. The normalized spacial score (nSPS) is 16.0. The zero-order valence-electron chi connectivity index (χ0n) is 10.3. The minimum absolute atomic E-state index is 0. The number of unbranched alkanes of at least 4 members (excludes halogenated alkanes) is 1. The molecule has 1 aliphatic carbocycles. The van der Waals surface area contributed by atoms with E-state index in [2.05, 4.69) is 41.6 Å². The molecule has 16 heavy (non-hydrogen) atoms. The van der Waals surface area contributed by atoms with Crippen LogP contribution < -0.4 is 10.6 Å². The Balaban J connectivity index is 0.00000225. The lowest BCUT2D eigenvalue weighted by Crippen LogP contribution is -2.42. The van der Waals surface area contributed by atoms with Gasteiger partial charge in [-0.3, -0.25) is 4.99 Å². The number of hydrogen-bond acceptors (Lipinski definition) is 1. The number of rotatable bonds is 5. The molecule has 3 nitrogen and oxygen atoms in total. The maximum atomic E-state index is 4.53. The van der Waals surface area contributed by atoms with Gasteiger partial charge < -0.3 is 10.6 Å². The second-order valence-corrected chi connectivity index (χ2v) is 3.90. The zero-order chi connectivity index (χ0) is 10.9. The van der Waals surface area contributed by atoms with E-state index < -0.39 is 0 Å². The van der Waals surface area contributed by atoms with Crippen molar-refractivity contribution in [1.29, 1.82) is 0 Å². The van der Waals surface area contributed by atoms with Gasteiger partial charge in [0.1, 0.15) is 0 Å². The third-order valence-electron chi connectivity index (χ3n) is 2.47. The number of guanidine groups is 1. The number of nitrogens with one attached hydrogen (secondary N) is 2. The topological polar surface area (TPSA) is 36.4 Å². The zero-order valence-corrected chi connectivity index (χ0v) is 12.7. The first-order chi connectivity index (χ1) is 7.36. The fourth-order valence-electron chi connectivity index (χ4n) is 1.60. The van der Waals surface area contributed by atoms with Gasteiger partial charge in [0.05, 0.1) is 0 Å². The monoisotopic (exact) mass is 337 g/mol. The molecule has 0 saturated carbocycles. The van der Waals surface area contributed by atoms with Crippen LogP contribution in [0.3, 0.4) is 0 Å². The minimum atomic E-state index is 0. The van der Waals surface area contributed by atoms with Crippen molar-refractivity contribution in [2.24, 2.45) is 4.99 Å². The summed E-state index contributed by atoms with van der Waals surface area (Å²) in [7, 11) is 0. The molecule has 0 heterocycles. The van der Waals surface area contributed by atoms with Crippen molar-refractivity contribution in [3.8, 4) is 0 Å². The fourth-order valence-corrected chi connectivity index (χ4v) is 1.60. The minimum Gasteiger partial charge on any atom is -0.357 e. The summed E-state index contributed by atoms with van der Waals surface area (Å²) >= 11 is 0. The number of halogens is 1. The maximum Gasteiger partial charge on any atom is 0.191 e. The molecule has 0 atom stereocenters. The molecule has 0 unspecified atom stereocenters. The van der Waals surface area contributed by atoms with E-state index in [0.29, 0.717) is 6.04 Å². The summed E-state index contributed by atoms with van der Waals surface area (Å²) < 4.78 is 0. The van der Waals surface area contributed by atoms with Crippen LogP contribution in [0.25, 0.3) is 0 Å². The summed E-state index contributed by atoms with van der Waals surface area (Å²) in [6.45, 7) is 6.14. The fraction of sp³-hybridized carbons (Fsp3) is 0.750. The van der Waals surface area contributed by atoms with Crippen molar-refractivity contribution in [1.82, 2.24) is 10.6 Å². The van der Waals surface area contributed by atoms with Crippen molar-refractivity contribution in [2.75, 3.05) is 13.1 Å². The van der Waals surface area contributed by atoms with Crippen molar-refractivity contribution in [3.63, 3.8) is 0 Å². The van der Waals surface area contributed by atoms with E-state index in [1.54, 1.807) is 0 Å². The molecule has 94 valence electrons. The van der Waals surface area contributed by atoms with E-state index in [0.717, 1.165) is 31.9 Å². The van der Waals surface area contributed by atoms with Crippen LogP contribution in [0.5, 0.6) is 0 Å². The Labute approximate surface area is 116 Å². The van der Waals surface area contributed by atoms with E-state index in [1.807, 2.05) is 0 Å². The van der Waals surface area contributed by atoms with Gasteiger partial charge in [-0.25, -0.2) is 0 Å². The van der Waals surface area contributed by atoms with Gasteiger partial charge >= 0.3 is 0 Å². The third-order valence-corrected chi connectivity index (χ3v) is 2.47. The maximum absolute atomic E-state index is 4.53. The Bertz CT molecular complexity index is 218. The molecule has 0 aromatic heterocycles. The molecule has 0 aromatic carbocycles. The van der Waals surface area contributed by atoms with Gasteiger partial charge in [-0.1, -0.05) is 25.5 Å². The Morgan fingerprint density at radius 2 is 2.00 bits per heavy atom. The lowest BCUT2D eigenvalue weighted by atomic mass is 10.2. The molecule has 0 radical (unpaired) electrons. The van der Waals surface area contributed by atoms with Crippen LogP contribution in [0.1, 0.15) is 39.5 Å². The number of hydrogen-bond donors (Lipinski definition) is 2. The predicted octanol–water partition coefficient (Wildman–Crippen LogP) is 2.68. The van der Waals surface area contributed by atoms with E-state index >= 15 is 0 Å². The lowest BCUT2D eigenvalue weighted by Gasteiger charge is -2.16. The van der Waals surface area contributed by atoms with Crippen LogP contribution in [0.15, 0.2) is 17.1 Å². The first-order valence-electron chi connectivity index (χ1n) is 6.06. The van der Waals surface area contributed by atoms with Crippen LogP contribution in [-0.2, 0) is 0 Å². The molecule has 0 aliphatic heterocycles. The van der Waals surface area contributed by atoms with Gasteiger partial charge in [-0.15, -0.1) is 24.0 Å². The van der Waals surface area contributed by atoms with Gasteiger partial charge in [0, 0.05) is 19.1 Å². The predicted molar refractivity (Wildman–Crippen MR) is 81.6 cm³/mol. The summed E-state index contributed by atoms with van der Waals surface area (Å²) in [4.78, 5) is 4.53. The van der Waals surface area contributed by atoms with E-state index in [9.17, 15) is 0 Å². The van der Waals surface area contributed by atoms with Gasteiger partial charge in [0.2, 0.25) is 0 Å². The summed E-state index contributed by atoms with van der Waals surface area (Å²) in [6, 6.07) is 0.546. The number of aliphatic imine (C=N–C) groups is 1. The van der Waals surface area contributed by atoms with Crippen LogP contribution in [0, 0.1) is 0 Å². The molecule has 0 fully saturated rings. The average Bonchev–Trinajstić information content (AvgIpc) is 2.71. The van der Waals surface area contributed by atoms with E-state index in [-0.39, 0.29) is 24.0 Å². The Hall–Kier alpha value is -0.260. The highest BCUT2D eigenvalue weighted by Gasteiger charge is 2.10. The molecule has 0 saturated heterocycles. The molecular formula is C12H24IN3. The van der Waals surface area contributed by atoms with Gasteiger partial charge in [0.25, 0.3) is 0 Å². The van der Waals surface area contributed by atoms with Crippen LogP contribution in [0.4, 0.5) is 0 Å². The third kappa shape index (κ3) is 6.35. The Morgan fingerprint density at radius 1 is 1.31 bits per heavy atom. The molecule has 0 amide bonds. The van der Waals surface area contributed by atoms with Crippen LogP contribution >= 0.6 is 24.0 Å². The van der Waals surface area contributed by atoms with E-state index in [1.165, 1.54) is 12.8 Å². The van der Waals surface area contributed by atoms with Crippen LogP contribution in [-0.4, -0.2) is 25.1 Å². The molecule has 1 rings (SSSR count). The van der Waals surface area contributed by atoms with Gasteiger partial charge in [-0.05, 0) is 26.2 Å². The van der Waals surface area contributed by atoms with Crippen molar-refractivity contribution in [2.45, 2.75) is 45.6 Å². The quantitative estimate of drug-likeness (QED) is 0.266. The highest BCUT2D eigenvalue weighted by Crippen LogP contribution is 2.08. The second-order valence-electron chi connectivity index (χ2n) is 3.90. The average molecular weight is 337 g/mol. The number of nitrogens with zero attached hydrogens (tertiary/aromatic N) is 1. The molecule has 0 spiro atoms. The van der Waals surface area contributed by atoms with Crippen molar-refractivity contribution in [3.05, 3.63) is 12.2 Å². The summed E-state index contributed by atoms with van der Waals surface area (Å²) in [6.07, 6.45) is 9.07. The molecule has 0 aromatic rings. The smallest absolute Gasteiger partial charge is 0.191 e. The summed E-state index contributed by atoms with van der Waals surface area (Å²) in [5, 5.41) is 6.73. The van der Waals surface area contributed by atoms with Gasteiger partial charge in [0.15, 0.2) is 5.96 Å². The molecular weight excluding hydrogens is 313 g/mol. The van der Waals surface area contributed by atoms with Crippen molar-refractivity contribution >= 4 is 29.9 Å². The van der Waals surface area contributed by atoms with Crippen molar-refractivity contribution < 1.29 is 0 Å². The first-order valence-corrected chi connectivity index (χ1v) is 6.06. The van der Waals surface area contributed by atoms with E-state index in [4.69, 9.17) is 0 Å². The van der Waals surface area contributed by atoms with Gasteiger partial charge in [-0.2, -0.15) is 0 Å². The highest BCUT2D eigenvalue weighted by atomic mass is 127. The van der Waals surface area contributed by atoms with Crippen LogP contribution in [0.2, 0.25) is 0 Å². The Kier molecular flexibility index (Phi) is 9.77. The SMILES string of the molecule is CCCCN=C(NCC)NC1CC=CC1.I. The molecule has 4 heteroatoms. The standard InChI is InChI=1S/C12H23N3.HI/c1-3-5-10-14-12(13-4-2)15-11-8-6-7-9-11;/h6-7,11H,3-5,8-10H2,1-2H3,(H2,13,14,15);1H. The second kappa shape index (κ2) is 9.93. The lowest BCUT2D eigenvalue weighted by molar-refractivity contribution is 0.632. The highest BCUT2D eigenvalue weighted by molar-refractivity contribution is 14.0. The summed E-state index contributed by atoms with van der Waals surface area (Å²) in [5.41, 5.74) is 0. The Morgan fingerprint density at radius 3 is 2.56 bits per heavy atom. The molecule has 2 N–H and O–H groups in total. The summed E-state index contributed by atoms with van der Waals surface area (Å²) in [5.74, 6) is 0.972.